The average molecular weight is 643 g/mol. The van der Waals surface area contributed by atoms with E-state index in [0.29, 0.717) is 5.56 Å². The van der Waals surface area contributed by atoms with E-state index in [-0.39, 0.29) is 19.6 Å². The van der Waals surface area contributed by atoms with Crippen LogP contribution in [0.25, 0.3) is 22.0 Å². The van der Waals surface area contributed by atoms with Gasteiger partial charge in [0.05, 0.1) is 30.3 Å². The van der Waals surface area contributed by atoms with E-state index in [1.807, 2.05) is 140 Å². The van der Waals surface area contributed by atoms with E-state index in [4.69, 9.17) is 9.05 Å². The molecule has 1 amide bonds. The van der Waals surface area contributed by atoms with Gasteiger partial charge in [0, 0.05) is 11.6 Å². The second-order valence-electron chi connectivity index (χ2n) is 11.2. The topological polar surface area (TPSA) is 97.8 Å². The van der Waals surface area contributed by atoms with Crippen molar-refractivity contribution in [3.8, 4) is 11.1 Å². The monoisotopic (exact) mass is 642 g/mol. The molecule has 0 spiro atoms. The molecule has 2 N–H and O–H groups in total. The lowest BCUT2D eigenvalue weighted by molar-refractivity contribution is 0.0844. The lowest BCUT2D eigenvalue weighted by atomic mass is 10.0. The standard InChI is InChI=1S/C39H35N2O5P/c42-38(35-25-34-18-10-11-19-36(34)40-26-35)41-37(24-29-20-22-33(23-21-29)32-16-8-3-9-17-32)39(43)47(44,45-27-30-12-4-1-5-13-30)46-28-31-14-6-2-7-15-31/h1-23,25-26,37,39,43H,24,27-28H2,(H,41,42). The number of pyridine rings is 1. The maximum absolute atomic E-state index is 14.6. The molecule has 5 aromatic carbocycles. The van der Waals surface area contributed by atoms with E-state index in [1.165, 1.54) is 6.20 Å². The van der Waals surface area contributed by atoms with Crippen molar-refractivity contribution in [3.63, 3.8) is 0 Å². The zero-order valence-electron chi connectivity index (χ0n) is 25.7. The molecule has 1 aromatic heterocycles. The number of carbonyl (C=O) groups excluding carboxylic acids is 1. The molecule has 7 nitrogen and oxygen atoms in total. The third-order valence-corrected chi connectivity index (χ3v) is 9.86. The van der Waals surface area contributed by atoms with Crippen LogP contribution < -0.4 is 5.32 Å². The number of carbonyl (C=O) groups is 1. The second kappa shape index (κ2) is 15.1. The van der Waals surface area contributed by atoms with Crippen molar-refractivity contribution in [2.45, 2.75) is 31.5 Å². The molecule has 6 rings (SSSR count). The highest BCUT2D eigenvalue weighted by Crippen LogP contribution is 2.55. The smallest absolute Gasteiger partial charge is 0.361 e. The fourth-order valence-corrected chi connectivity index (χ4v) is 6.94. The lowest BCUT2D eigenvalue weighted by Gasteiger charge is -2.30. The Morgan fingerprint density at radius 3 is 1.83 bits per heavy atom. The van der Waals surface area contributed by atoms with Crippen LogP contribution >= 0.6 is 7.60 Å². The molecular weight excluding hydrogens is 607 g/mol. The summed E-state index contributed by atoms with van der Waals surface area (Å²) in [5.41, 5.74) is 5.52. The maximum Gasteiger partial charge on any atom is 0.361 e. The Hall–Kier alpha value is -4.91. The van der Waals surface area contributed by atoms with Crippen molar-refractivity contribution in [2.24, 2.45) is 0 Å². The molecule has 0 radical (unpaired) electrons. The van der Waals surface area contributed by atoms with Crippen LogP contribution in [-0.4, -0.2) is 27.9 Å². The van der Waals surface area contributed by atoms with Gasteiger partial charge in [0.2, 0.25) is 0 Å². The van der Waals surface area contributed by atoms with Gasteiger partial charge in [-0.05, 0) is 46.4 Å². The van der Waals surface area contributed by atoms with Gasteiger partial charge in [-0.3, -0.25) is 14.3 Å². The SMILES string of the molecule is O=C(NC(Cc1ccc(-c2ccccc2)cc1)C(O)P(=O)(OCc1ccccc1)OCc1ccccc1)c1cnc2ccccc2c1. The number of hydrogen-bond donors (Lipinski definition) is 2. The number of rotatable bonds is 13. The van der Waals surface area contributed by atoms with Gasteiger partial charge in [0.25, 0.3) is 5.91 Å². The molecule has 0 fully saturated rings. The molecule has 0 saturated carbocycles. The molecule has 2 atom stereocenters. The molecule has 236 valence electrons. The average Bonchev–Trinajstić information content (AvgIpc) is 3.14. The Kier molecular flexibility index (Phi) is 10.3. The number of amides is 1. The Labute approximate surface area is 274 Å². The van der Waals surface area contributed by atoms with Crippen LogP contribution in [0.1, 0.15) is 27.0 Å². The van der Waals surface area contributed by atoms with Gasteiger partial charge in [0.15, 0.2) is 5.85 Å². The largest absolute Gasteiger partial charge is 0.379 e. The Morgan fingerprint density at radius 1 is 0.681 bits per heavy atom. The number of aliphatic hydroxyl groups excluding tert-OH is 1. The first-order valence-corrected chi connectivity index (χ1v) is 17.0. The van der Waals surface area contributed by atoms with Crippen LogP contribution in [0.3, 0.4) is 0 Å². The van der Waals surface area contributed by atoms with Crippen LogP contribution in [0.5, 0.6) is 0 Å². The van der Waals surface area contributed by atoms with Crippen LogP contribution in [0.4, 0.5) is 0 Å². The van der Waals surface area contributed by atoms with E-state index in [9.17, 15) is 14.5 Å². The molecule has 2 unspecified atom stereocenters. The number of nitrogens with zero attached hydrogens (tertiary/aromatic N) is 1. The van der Waals surface area contributed by atoms with Crippen molar-refractivity contribution in [1.29, 1.82) is 0 Å². The maximum atomic E-state index is 14.6. The normalized spacial score (nSPS) is 12.8. The van der Waals surface area contributed by atoms with Crippen LogP contribution in [0, 0.1) is 0 Å². The Balaban J connectivity index is 1.30. The molecule has 0 aliphatic heterocycles. The van der Waals surface area contributed by atoms with Gasteiger partial charge in [0.1, 0.15) is 0 Å². The van der Waals surface area contributed by atoms with Gasteiger partial charge < -0.3 is 19.5 Å². The van der Waals surface area contributed by atoms with E-state index >= 15 is 0 Å². The lowest BCUT2D eigenvalue weighted by Crippen LogP contribution is -2.45. The predicted octanol–water partition coefficient (Wildman–Crippen LogP) is 8.19. The molecule has 0 saturated heterocycles. The van der Waals surface area contributed by atoms with E-state index in [0.717, 1.165) is 38.7 Å². The molecule has 0 bridgehead atoms. The van der Waals surface area contributed by atoms with Gasteiger partial charge in [-0.2, -0.15) is 0 Å². The number of benzene rings is 5. The number of nitrogens with one attached hydrogen (secondary N) is 1. The molecule has 0 aliphatic carbocycles. The summed E-state index contributed by atoms with van der Waals surface area (Å²) in [4.78, 5) is 18.1. The molecule has 1 heterocycles. The molecule has 8 heteroatoms. The van der Waals surface area contributed by atoms with Crippen LogP contribution in [0.15, 0.2) is 152 Å². The number of fused-ring (bicyclic) bond motifs is 1. The van der Waals surface area contributed by atoms with Crippen molar-refractivity contribution >= 4 is 24.4 Å². The summed E-state index contributed by atoms with van der Waals surface area (Å²) in [7, 11) is -4.25. The first kappa shape index (κ1) is 32.0. The zero-order chi connectivity index (χ0) is 32.5. The quantitative estimate of drug-likeness (QED) is 0.123. The highest BCUT2D eigenvalue weighted by molar-refractivity contribution is 7.54. The van der Waals surface area contributed by atoms with E-state index < -0.39 is 25.4 Å². The third kappa shape index (κ3) is 8.28. The molecular formula is C39H35N2O5P. The predicted molar refractivity (Wildman–Crippen MR) is 185 cm³/mol. The summed E-state index contributed by atoms with van der Waals surface area (Å²) >= 11 is 0. The highest BCUT2D eigenvalue weighted by Gasteiger charge is 2.41. The summed E-state index contributed by atoms with van der Waals surface area (Å²) in [6, 6.07) is 44.6. The highest BCUT2D eigenvalue weighted by atomic mass is 31.2. The van der Waals surface area contributed by atoms with E-state index in [1.54, 1.807) is 6.07 Å². The zero-order valence-corrected chi connectivity index (χ0v) is 26.6. The fourth-order valence-electron chi connectivity index (χ4n) is 5.28. The summed E-state index contributed by atoms with van der Waals surface area (Å²) in [6.07, 6.45) is 1.66. The molecule has 47 heavy (non-hydrogen) atoms. The van der Waals surface area contributed by atoms with Crippen LogP contribution in [0.2, 0.25) is 0 Å². The summed E-state index contributed by atoms with van der Waals surface area (Å²) < 4.78 is 26.5. The second-order valence-corrected chi connectivity index (χ2v) is 13.4. The summed E-state index contributed by atoms with van der Waals surface area (Å²) in [5.74, 6) is -2.16. The summed E-state index contributed by atoms with van der Waals surface area (Å²) in [5, 5.41) is 15.6. The molecule has 6 aromatic rings. The van der Waals surface area contributed by atoms with Crippen LogP contribution in [-0.2, 0) is 33.2 Å². The minimum Gasteiger partial charge on any atom is -0.379 e. The van der Waals surface area contributed by atoms with Gasteiger partial charge >= 0.3 is 7.60 Å². The minimum atomic E-state index is -4.25. The van der Waals surface area contributed by atoms with Gasteiger partial charge in [-0.25, -0.2) is 0 Å². The first-order valence-electron chi connectivity index (χ1n) is 15.4. The van der Waals surface area contributed by atoms with Gasteiger partial charge in [-0.1, -0.05) is 133 Å². The fraction of sp³-hybridized carbons (Fsp3) is 0.128. The molecule has 0 aliphatic rings. The minimum absolute atomic E-state index is 0.0506. The number of aromatic nitrogens is 1. The number of hydrogen-bond acceptors (Lipinski definition) is 6. The Morgan fingerprint density at radius 2 is 1.21 bits per heavy atom. The van der Waals surface area contributed by atoms with E-state index in [2.05, 4.69) is 10.3 Å². The van der Waals surface area contributed by atoms with Crippen molar-refractivity contribution in [3.05, 3.63) is 174 Å². The van der Waals surface area contributed by atoms with Crippen molar-refractivity contribution in [2.75, 3.05) is 0 Å². The Bertz CT molecular complexity index is 1910. The van der Waals surface area contributed by atoms with Gasteiger partial charge in [-0.15, -0.1) is 0 Å². The van der Waals surface area contributed by atoms with Crippen molar-refractivity contribution < 1.29 is 23.5 Å². The number of aliphatic hydroxyl groups is 1. The van der Waals surface area contributed by atoms with Crippen molar-refractivity contribution in [1.82, 2.24) is 10.3 Å². The first-order chi connectivity index (χ1) is 23.0. The third-order valence-electron chi connectivity index (χ3n) is 7.88. The summed E-state index contributed by atoms with van der Waals surface area (Å²) in [6.45, 7) is -0.101. The number of para-hydroxylation sites is 1.